The molecule has 0 aliphatic carbocycles. The topological polar surface area (TPSA) is 76.1 Å². The Balaban J connectivity index is 2.14. The van der Waals surface area contributed by atoms with Gasteiger partial charge in [-0.3, -0.25) is 4.79 Å². The molecule has 2 N–H and O–H groups in total. The third-order valence-electron chi connectivity index (χ3n) is 3.31. The molecule has 1 amide bonds. The van der Waals surface area contributed by atoms with Crippen LogP contribution in [-0.4, -0.2) is 29.5 Å². The van der Waals surface area contributed by atoms with Gasteiger partial charge in [-0.05, 0) is 37.1 Å². The fourth-order valence-corrected chi connectivity index (χ4v) is 2.05. The number of rotatable bonds is 7. The standard InChI is InChI=1S/C17H22N4O2/c1-4-5-9-18-16(22)13-8-10-19-17(20-13)21-14-11-12(2)6-7-15(14)23-3/h6-8,10-11H,4-5,9H2,1-3H3,(H,18,22)(H,19,20,21). The van der Waals surface area contributed by atoms with Crippen molar-refractivity contribution in [3.05, 3.63) is 41.7 Å². The van der Waals surface area contributed by atoms with E-state index in [1.807, 2.05) is 25.1 Å². The fourth-order valence-electron chi connectivity index (χ4n) is 2.05. The monoisotopic (exact) mass is 314 g/mol. The van der Waals surface area contributed by atoms with Crippen LogP contribution in [0.1, 0.15) is 35.8 Å². The number of hydrogen-bond donors (Lipinski definition) is 2. The lowest BCUT2D eigenvalue weighted by Gasteiger charge is -2.11. The normalized spacial score (nSPS) is 10.2. The largest absolute Gasteiger partial charge is 0.495 e. The Morgan fingerprint density at radius 1 is 1.30 bits per heavy atom. The van der Waals surface area contributed by atoms with Crippen LogP contribution in [-0.2, 0) is 0 Å². The first kappa shape index (κ1) is 16.7. The molecule has 0 saturated heterocycles. The minimum Gasteiger partial charge on any atom is -0.495 e. The first-order valence-electron chi connectivity index (χ1n) is 7.67. The third-order valence-corrected chi connectivity index (χ3v) is 3.31. The zero-order chi connectivity index (χ0) is 16.7. The van der Waals surface area contributed by atoms with E-state index >= 15 is 0 Å². The van der Waals surface area contributed by atoms with Crippen molar-refractivity contribution in [3.63, 3.8) is 0 Å². The third kappa shape index (κ3) is 4.67. The van der Waals surface area contributed by atoms with E-state index < -0.39 is 0 Å². The summed E-state index contributed by atoms with van der Waals surface area (Å²) in [7, 11) is 1.61. The summed E-state index contributed by atoms with van der Waals surface area (Å²) in [6.45, 7) is 4.71. The molecule has 1 aromatic carbocycles. The summed E-state index contributed by atoms with van der Waals surface area (Å²) in [6.07, 6.45) is 3.54. The maximum absolute atomic E-state index is 12.0. The molecule has 1 heterocycles. The van der Waals surface area contributed by atoms with Gasteiger partial charge in [-0.25, -0.2) is 9.97 Å². The van der Waals surface area contributed by atoms with E-state index in [-0.39, 0.29) is 5.91 Å². The van der Waals surface area contributed by atoms with Crippen LogP contribution in [0.5, 0.6) is 5.75 Å². The van der Waals surface area contributed by atoms with Gasteiger partial charge in [-0.1, -0.05) is 19.4 Å². The lowest BCUT2D eigenvalue weighted by Crippen LogP contribution is -2.25. The number of unbranched alkanes of at least 4 members (excludes halogenated alkanes) is 1. The lowest BCUT2D eigenvalue weighted by atomic mass is 10.2. The van der Waals surface area contributed by atoms with Crippen LogP contribution < -0.4 is 15.4 Å². The highest BCUT2D eigenvalue weighted by molar-refractivity contribution is 5.92. The van der Waals surface area contributed by atoms with Gasteiger partial charge >= 0.3 is 0 Å². The van der Waals surface area contributed by atoms with E-state index in [1.165, 1.54) is 0 Å². The zero-order valence-corrected chi connectivity index (χ0v) is 13.7. The summed E-state index contributed by atoms with van der Waals surface area (Å²) in [6, 6.07) is 7.37. The molecule has 0 bridgehead atoms. The Bertz CT molecular complexity index is 673. The number of hydrogen-bond acceptors (Lipinski definition) is 5. The maximum atomic E-state index is 12.0. The number of aromatic nitrogens is 2. The van der Waals surface area contributed by atoms with E-state index in [4.69, 9.17) is 4.74 Å². The van der Waals surface area contributed by atoms with Crippen LogP contribution >= 0.6 is 0 Å². The Hall–Kier alpha value is -2.63. The molecule has 0 radical (unpaired) electrons. The van der Waals surface area contributed by atoms with Crippen molar-refractivity contribution in [2.75, 3.05) is 19.0 Å². The molecule has 2 rings (SSSR count). The van der Waals surface area contributed by atoms with E-state index in [1.54, 1.807) is 19.4 Å². The highest BCUT2D eigenvalue weighted by Gasteiger charge is 2.10. The highest BCUT2D eigenvalue weighted by Crippen LogP contribution is 2.27. The summed E-state index contributed by atoms with van der Waals surface area (Å²) >= 11 is 0. The smallest absolute Gasteiger partial charge is 0.270 e. The second-order valence-corrected chi connectivity index (χ2v) is 5.20. The van der Waals surface area contributed by atoms with E-state index in [2.05, 4.69) is 27.5 Å². The Labute approximate surface area is 136 Å². The average Bonchev–Trinajstić information content (AvgIpc) is 2.55. The van der Waals surface area contributed by atoms with Crippen LogP contribution in [0.25, 0.3) is 0 Å². The molecule has 23 heavy (non-hydrogen) atoms. The molecule has 122 valence electrons. The van der Waals surface area contributed by atoms with Crippen molar-refractivity contribution in [1.29, 1.82) is 0 Å². The number of benzene rings is 1. The van der Waals surface area contributed by atoms with Gasteiger partial charge < -0.3 is 15.4 Å². The maximum Gasteiger partial charge on any atom is 0.270 e. The van der Waals surface area contributed by atoms with E-state index in [9.17, 15) is 4.79 Å². The number of amides is 1. The average molecular weight is 314 g/mol. The molecular weight excluding hydrogens is 292 g/mol. The molecule has 2 aromatic rings. The van der Waals surface area contributed by atoms with E-state index in [0.29, 0.717) is 23.9 Å². The van der Waals surface area contributed by atoms with Gasteiger partial charge in [-0.2, -0.15) is 0 Å². The lowest BCUT2D eigenvalue weighted by molar-refractivity contribution is 0.0948. The molecule has 6 heteroatoms. The summed E-state index contributed by atoms with van der Waals surface area (Å²) in [4.78, 5) is 20.5. The predicted molar refractivity (Wildman–Crippen MR) is 90.3 cm³/mol. The highest BCUT2D eigenvalue weighted by atomic mass is 16.5. The quantitative estimate of drug-likeness (QED) is 0.768. The van der Waals surface area contributed by atoms with Crippen LogP contribution in [0.4, 0.5) is 11.6 Å². The van der Waals surface area contributed by atoms with E-state index in [0.717, 1.165) is 24.1 Å². The van der Waals surface area contributed by atoms with Gasteiger partial charge in [0.05, 0.1) is 12.8 Å². The second kappa shape index (κ2) is 8.12. The van der Waals surface area contributed by atoms with Gasteiger partial charge in [0.25, 0.3) is 5.91 Å². The number of ether oxygens (including phenoxy) is 1. The molecule has 1 aromatic heterocycles. The van der Waals surface area contributed by atoms with Crippen LogP contribution in [0.2, 0.25) is 0 Å². The minimum atomic E-state index is -0.194. The second-order valence-electron chi connectivity index (χ2n) is 5.20. The van der Waals surface area contributed by atoms with Crippen molar-refractivity contribution < 1.29 is 9.53 Å². The van der Waals surface area contributed by atoms with Gasteiger partial charge in [0.2, 0.25) is 5.95 Å². The minimum absolute atomic E-state index is 0.194. The molecule has 6 nitrogen and oxygen atoms in total. The van der Waals surface area contributed by atoms with Crippen molar-refractivity contribution >= 4 is 17.5 Å². The van der Waals surface area contributed by atoms with Gasteiger partial charge in [0.1, 0.15) is 11.4 Å². The summed E-state index contributed by atoms with van der Waals surface area (Å²) in [5, 5.41) is 5.94. The van der Waals surface area contributed by atoms with Crippen LogP contribution in [0, 0.1) is 6.92 Å². The molecule has 0 saturated carbocycles. The summed E-state index contributed by atoms with van der Waals surface area (Å²) in [5.41, 5.74) is 2.18. The van der Waals surface area contributed by atoms with Gasteiger partial charge in [0.15, 0.2) is 0 Å². The van der Waals surface area contributed by atoms with Crippen LogP contribution in [0.3, 0.4) is 0 Å². The number of carbonyl (C=O) groups excluding carboxylic acids is 1. The Morgan fingerprint density at radius 2 is 2.13 bits per heavy atom. The number of aryl methyl sites for hydroxylation is 1. The van der Waals surface area contributed by atoms with Gasteiger partial charge in [-0.15, -0.1) is 0 Å². The molecule has 0 atom stereocenters. The molecule has 0 aliphatic rings. The molecule has 0 unspecified atom stereocenters. The number of nitrogens with one attached hydrogen (secondary N) is 2. The number of anilines is 2. The molecule has 0 spiro atoms. The number of methoxy groups -OCH3 is 1. The van der Waals surface area contributed by atoms with Crippen molar-refractivity contribution in [3.8, 4) is 5.75 Å². The first-order valence-corrected chi connectivity index (χ1v) is 7.67. The Kier molecular flexibility index (Phi) is 5.91. The zero-order valence-electron chi connectivity index (χ0n) is 13.7. The number of carbonyl (C=O) groups is 1. The summed E-state index contributed by atoms with van der Waals surface area (Å²) in [5.74, 6) is 0.856. The molecule has 0 fully saturated rings. The molecular formula is C17H22N4O2. The Morgan fingerprint density at radius 3 is 2.87 bits per heavy atom. The van der Waals surface area contributed by atoms with Crippen molar-refractivity contribution in [2.24, 2.45) is 0 Å². The molecule has 0 aliphatic heterocycles. The first-order chi connectivity index (χ1) is 11.1. The van der Waals surface area contributed by atoms with Gasteiger partial charge in [0, 0.05) is 12.7 Å². The van der Waals surface area contributed by atoms with Crippen molar-refractivity contribution in [1.82, 2.24) is 15.3 Å². The van der Waals surface area contributed by atoms with Crippen molar-refractivity contribution in [2.45, 2.75) is 26.7 Å². The van der Waals surface area contributed by atoms with Crippen LogP contribution in [0.15, 0.2) is 30.5 Å². The SMILES string of the molecule is CCCCNC(=O)c1ccnc(Nc2cc(C)ccc2OC)n1. The predicted octanol–water partition coefficient (Wildman–Crippen LogP) is 3.07. The fraction of sp³-hybridized carbons (Fsp3) is 0.353. The number of nitrogens with zero attached hydrogens (tertiary/aromatic N) is 2. The summed E-state index contributed by atoms with van der Waals surface area (Å²) < 4.78 is 5.32.